The second-order valence-corrected chi connectivity index (χ2v) is 5.08. The molecule has 5 nitrogen and oxygen atoms in total. The highest BCUT2D eigenvalue weighted by atomic mass is 16.5. The summed E-state index contributed by atoms with van der Waals surface area (Å²) in [5.41, 5.74) is 1.73. The van der Waals surface area contributed by atoms with E-state index in [0.29, 0.717) is 18.5 Å². The van der Waals surface area contributed by atoms with Gasteiger partial charge >= 0.3 is 5.97 Å². The van der Waals surface area contributed by atoms with Crippen molar-refractivity contribution >= 4 is 17.6 Å². The maximum Gasteiger partial charge on any atom is 0.305 e. The molecule has 1 aromatic carbocycles. The molecule has 0 atom stereocenters. The zero-order chi connectivity index (χ0) is 15.7. The lowest BCUT2D eigenvalue weighted by molar-refractivity contribution is -0.140. The summed E-state index contributed by atoms with van der Waals surface area (Å²) in [6.45, 7) is 0.620. The van der Waals surface area contributed by atoms with Crippen molar-refractivity contribution in [2.45, 2.75) is 25.7 Å². The Morgan fingerprint density at radius 3 is 2.33 bits per heavy atom. The molecule has 0 unspecified atom stereocenters. The Morgan fingerprint density at radius 2 is 1.76 bits per heavy atom. The van der Waals surface area contributed by atoms with Crippen LogP contribution in [0.5, 0.6) is 0 Å². The van der Waals surface area contributed by atoms with Crippen LogP contribution in [-0.2, 0) is 9.53 Å². The van der Waals surface area contributed by atoms with Crippen LogP contribution in [0.15, 0.2) is 24.3 Å². The monoisotopic (exact) mass is 292 g/mol. The first kappa shape index (κ1) is 17.0. The molecule has 0 spiro atoms. The molecule has 0 heterocycles. The number of nitrogens with zero attached hydrogens (tertiary/aromatic N) is 1. The summed E-state index contributed by atoms with van der Waals surface area (Å²) in [4.78, 5) is 24.8. The molecule has 0 bridgehead atoms. The normalized spacial score (nSPS) is 10.0. The van der Waals surface area contributed by atoms with Crippen LogP contribution in [0.3, 0.4) is 0 Å². The second kappa shape index (κ2) is 9.00. The molecule has 116 valence electrons. The van der Waals surface area contributed by atoms with Crippen molar-refractivity contribution in [2.24, 2.45) is 0 Å². The summed E-state index contributed by atoms with van der Waals surface area (Å²) < 4.78 is 4.57. The van der Waals surface area contributed by atoms with E-state index in [4.69, 9.17) is 0 Å². The van der Waals surface area contributed by atoms with Gasteiger partial charge in [-0.1, -0.05) is 6.42 Å². The molecule has 1 amide bonds. The van der Waals surface area contributed by atoms with E-state index in [1.54, 1.807) is 0 Å². The number of methoxy groups -OCH3 is 1. The number of carbonyl (C=O) groups is 2. The van der Waals surface area contributed by atoms with Gasteiger partial charge in [-0.2, -0.15) is 0 Å². The van der Waals surface area contributed by atoms with Crippen LogP contribution in [0, 0.1) is 0 Å². The molecule has 0 radical (unpaired) electrons. The van der Waals surface area contributed by atoms with Crippen LogP contribution in [0.25, 0.3) is 0 Å². The van der Waals surface area contributed by atoms with E-state index in [1.165, 1.54) is 7.11 Å². The number of hydrogen-bond acceptors (Lipinski definition) is 4. The third kappa shape index (κ3) is 6.29. The molecular formula is C16H24N2O3. The van der Waals surface area contributed by atoms with Crippen LogP contribution in [0.1, 0.15) is 36.0 Å². The zero-order valence-corrected chi connectivity index (χ0v) is 13.0. The fourth-order valence-electron chi connectivity index (χ4n) is 1.89. The number of ether oxygens (including phenoxy) is 1. The molecule has 0 saturated heterocycles. The van der Waals surface area contributed by atoms with Gasteiger partial charge in [0.15, 0.2) is 0 Å². The van der Waals surface area contributed by atoms with Crippen molar-refractivity contribution in [3.05, 3.63) is 29.8 Å². The number of hydrogen-bond donors (Lipinski definition) is 1. The lowest BCUT2D eigenvalue weighted by Crippen LogP contribution is -2.24. The highest BCUT2D eigenvalue weighted by Gasteiger charge is 2.05. The molecule has 0 fully saturated rings. The lowest BCUT2D eigenvalue weighted by atomic mass is 10.1. The van der Waals surface area contributed by atoms with Crippen LogP contribution >= 0.6 is 0 Å². The molecule has 5 heteroatoms. The fraction of sp³-hybridized carbons (Fsp3) is 0.500. The molecule has 21 heavy (non-hydrogen) atoms. The van der Waals surface area contributed by atoms with Gasteiger partial charge in [-0.15, -0.1) is 0 Å². The lowest BCUT2D eigenvalue weighted by Gasteiger charge is -2.12. The second-order valence-electron chi connectivity index (χ2n) is 5.08. The first-order chi connectivity index (χ1) is 10.0. The van der Waals surface area contributed by atoms with Crippen LogP contribution in [0.4, 0.5) is 5.69 Å². The Hall–Kier alpha value is -2.04. The average Bonchev–Trinajstić information content (AvgIpc) is 2.50. The Balaban J connectivity index is 2.23. The van der Waals surface area contributed by atoms with Gasteiger partial charge in [0.1, 0.15) is 0 Å². The van der Waals surface area contributed by atoms with E-state index in [-0.39, 0.29) is 11.9 Å². The molecular weight excluding hydrogens is 268 g/mol. The summed E-state index contributed by atoms with van der Waals surface area (Å²) in [6.07, 6.45) is 2.99. The first-order valence-electron chi connectivity index (χ1n) is 7.17. The van der Waals surface area contributed by atoms with E-state index >= 15 is 0 Å². The smallest absolute Gasteiger partial charge is 0.305 e. The Labute approximate surface area is 126 Å². The minimum Gasteiger partial charge on any atom is -0.469 e. The quantitative estimate of drug-likeness (QED) is 0.589. The summed E-state index contributed by atoms with van der Waals surface area (Å²) in [7, 11) is 5.32. The molecule has 1 rings (SSSR count). The zero-order valence-electron chi connectivity index (χ0n) is 13.0. The van der Waals surface area contributed by atoms with Crippen molar-refractivity contribution < 1.29 is 14.3 Å². The highest BCUT2D eigenvalue weighted by Crippen LogP contribution is 2.12. The van der Waals surface area contributed by atoms with Crippen LogP contribution in [-0.4, -0.2) is 39.6 Å². The number of carbonyl (C=O) groups excluding carboxylic acids is 2. The Bertz CT molecular complexity index is 455. The number of nitrogens with one attached hydrogen (secondary N) is 1. The Morgan fingerprint density at radius 1 is 1.10 bits per heavy atom. The SMILES string of the molecule is COC(=O)CCCCCNC(=O)c1ccc(N(C)C)cc1. The third-order valence-electron chi connectivity index (χ3n) is 3.22. The predicted octanol–water partition coefficient (Wildman–Crippen LogP) is 2.22. The van der Waals surface area contributed by atoms with Crippen molar-refractivity contribution in [3.63, 3.8) is 0 Å². The average molecular weight is 292 g/mol. The third-order valence-corrected chi connectivity index (χ3v) is 3.22. The maximum absolute atomic E-state index is 11.9. The van der Waals surface area contributed by atoms with E-state index in [9.17, 15) is 9.59 Å². The van der Waals surface area contributed by atoms with Crippen molar-refractivity contribution in [2.75, 3.05) is 32.6 Å². The molecule has 1 N–H and O–H groups in total. The van der Waals surface area contributed by atoms with Gasteiger partial charge in [0, 0.05) is 38.3 Å². The minimum atomic E-state index is -0.181. The van der Waals surface area contributed by atoms with Gasteiger partial charge in [0.05, 0.1) is 7.11 Å². The van der Waals surface area contributed by atoms with Gasteiger partial charge in [0.2, 0.25) is 0 Å². The van der Waals surface area contributed by atoms with Gasteiger partial charge < -0.3 is 15.0 Å². The minimum absolute atomic E-state index is 0.0618. The summed E-state index contributed by atoms with van der Waals surface area (Å²) in [5.74, 6) is -0.242. The first-order valence-corrected chi connectivity index (χ1v) is 7.17. The number of esters is 1. The highest BCUT2D eigenvalue weighted by molar-refractivity contribution is 5.94. The van der Waals surface area contributed by atoms with E-state index in [0.717, 1.165) is 24.9 Å². The number of anilines is 1. The van der Waals surface area contributed by atoms with Crippen molar-refractivity contribution in [1.29, 1.82) is 0 Å². The number of amides is 1. The summed E-state index contributed by atoms with van der Waals surface area (Å²) >= 11 is 0. The molecule has 0 saturated carbocycles. The van der Waals surface area contributed by atoms with E-state index < -0.39 is 0 Å². The predicted molar refractivity (Wildman–Crippen MR) is 83.6 cm³/mol. The van der Waals surface area contributed by atoms with Gasteiger partial charge in [0.25, 0.3) is 5.91 Å². The summed E-state index contributed by atoms with van der Waals surface area (Å²) in [5, 5.41) is 2.88. The topological polar surface area (TPSA) is 58.6 Å². The summed E-state index contributed by atoms with van der Waals surface area (Å²) in [6, 6.07) is 7.49. The van der Waals surface area contributed by atoms with Crippen LogP contribution < -0.4 is 10.2 Å². The molecule has 0 aliphatic rings. The molecule has 0 aliphatic heterocycles. The van der Waals surface area contributed by atoms with Gasteiger partial charge in [-0.3, -0.25) is 9.59 Å². The van der Waals surface area contributed by atoms with Crippen LogP contribution in [0.2, 0.25) is 0 Å². The number of rotatable bonds is 8. The van der Waals surface area contributed by atoms with Gasteiger partial charge in [-0.25, -0.2) is 0 Å². The molecule has 1 aromatic rings. The largest absolute Gasteiger partial charge is 0.469 e. The van der Waals surface area contributed by atoms with Gasteiger partial charge in [-0.05, 0) is 37.1 Å². The molecule has 0 aliphatic carbocycles. The van der Waals surface area contributed by atoms with E-state index in [1.807, 2.05) is 43.3 Å². The standard InChI is InChI=1S/C16H24N2O3/c1-18(2)14-10-8-13(9-11-14)16(20)17-12-6-4-5-7-15(19)21-3/h8-11H,4-7,12H2,1-3H3,(H,17,20). The van der Waals surface area contributed by atoms with Crippen molar-refractivity contribution in [1.82, 2.24) is 5.32 Å². The van der Waals surface area contributed by atoms with Crippen molar-refractivity contribution in [3.8, 4) is 0 Å². The number of benzene rings is 1. The number of unbranched alkanes of at least 4 members (excludes halogenated alkanes) is 2. The Kier molecular flexibility index (Phi) is 7.29. The molecule has 0 aromatic heterocycles. The fourth-order valence-corrected chi connectivity index (χ4v) is 1.89. The van der Waals surface area contributed by atoms with E-state index in [2.05, 4.69) is 10.1 Å². The maximum atomic E-state index is 11.9.